The zero-order valence-corrected chi connectivity index (χ0v) is 15.4. The van der Waals surface area contributed by atoms with Crippen molar-refractivity contribution in [3.63, 3.8) is 0 Å². The second-order valence-corrected chi connectivity index (χ2v) is 6.55. The van der Waals surface area contributed by atoms with Gasteiger partial charge in [-0.25, -0.2) is 0 Å². The highest BCUT2D eigenvalue weighted by molar-refractivity contribution is 5.96. The fraction of sp³-hybridized carbons (Fsp3) is 0.316. The Morgan fingerprint density at radius 3 is 3.07 bits per heavy atom. The molecule has 0 saturated carbocycles. The van der Waals surface area contributed by atoms with Crippen molar-refractivity contribution in [2.24, 2.45) is 7.05 Å². The maximum atomic E-state index is 12.3. The summed E-state index contributed by atoms with van der Waals surface area (Å²) in [4.78, 5) is 12.3. The molecule has 1 amide bonds. The number of hydrogen-bond donors (Lipinski definition) is 1. The van der Waals surface area contributed by atoms with Crippen LogP contribution in [0.15, 0.2) is 35.0 Å². The molecule has 140 valence electrons. The number of nitrogens with one attached hydrogen (secondary N) is 1. The van der Waals surface area contributed by atoms with Gasteiger partial charge in [0.05, 0.1) is 13.7 Å². The lowest BCUT2D eigenvalue weighted by molar-refractivity contribution is 0.0947. The van der Waals surface area contributed by atoms with E-state index >= 15 is 0 Å². The lowest BCUT2D eigenvalue weighted by atomic mass is 10.1. The molecule has 0 fully saturated rings. The topological polar surface area (TPSA) is 91.4 Å². The van der Waals surface area contributed by atoms with Crippen molar-refractivity contribution in [3.05, 3.63) is 47.3 Å². The molecule has 3 heterocycles. The van der Waals surface area contributed by atoms with Gasteiger partial charge in [-0.2, -0.15) is 0 Å². The molecular weight excluding hydrogens is 348 g/mol. The second kappa shape index (κ2) is 6.79. The molecule has 1 aromatic carbocycles. The Morgan fingerprint density at radius 1 is 1.41 bits per heavy atom. The highest BCUT2D eigenvalue weighted by atomic mass is 16.5. The van der Waals surface area contributed by atoms with Crippen molar-refractivity contribution < 1.29 is 18.8 Å². The number of methoxy groups -OCH3 is 1. The number of benzene rings is 1. The van der Waals surface area contributed by atoms with Crippen LogP contribution >= 0.6 is 0 Å². The predicted octanol–water partition coefficient (Wildman–Crippen LogP) is 2.34. The standard InChI is InChI=1S/C19H20N4O4/c1-11-6-12-4-5-13(7-16(12)26-11)17-8-14(22-27-17)9-20-18(24)15-10-23(2)21-19(15)25-3/h4-5,7-8,10-11H,6,9H2,1-3H3,(H,20,24)/t11-/m0/s1. The molecule has 3 aromatic rings. The summed E-state index contributed by atoms with van der Waals surface area (Å²) in [5.41, 5.74) is 3.08. The molecule has 0 radical (unpaired) electrons. The molecule has 1 aliphatic heterocycles. The SMILES string of the molecule is COc1nn(C)cc1C(=O)NCc1cc(-c2ccc3c(c2)O[C@@H](C)C3)on1. The normalized spacial score (nSPS) is 15.3. The minimum Gasteiger partial charge on any atom is -0.490 e. The number of aromatic nitrogens is 3. The lowest BCUT2D eigenvalue weighted by Gasteiger charge is -2.03. The molecule has 0 saturated heterocycles. The van der Waals surface area contributed by atoms with E-state index in [1.165, 1.54) is 17.4 Å². The zero-order valence-electron chi connectivity index (χ0n) is 15.4. The molecule has 8 heteroatoms. The Bertz CT molecular complexity index is 992. The van der Waals surface area contributed by atoms with Gasteiger partial charge in [0, 0.05) is 31.3 Å². The molecule has 0 aliphatic carbocycles. The first kappa shape index (κ1) is 17.1. The minimum absolute atomic E-state index is 0.195. The summed E-state index contributed by atoms with van der Waals surface area (Å²) in [5, 5.41) is 10.9. The number of hydrogen-bond acceptors (Lipinski definition) is 6. The largest absolute Gasteiger partial charge is 0.490 e. The van der Waals surface area contributed by atoms with Gasteiger partial charge in [0.25, 0.3) is 5.91 Å². The third-order valence-electron chi connectivity index (χ3n) is 4.41. The van der Waals surface area contributed by atoms with Crippen LogP contribution in [0.2, 0.25) is 0 Å². The Balaban J connectivity index is 1.44. The maximum absolute atomic E-state index is 12.3. The highest BCUT2D eigenvalue weighted by Gasteiger charge is 2.20. The van der Waals surface area contributed by atoms with Gasteiger partial charge in [0.1, 0.15) is 23.1 Å². The number of rotatable bonds is 5. The van der Waals surface area contributed by atoms with Gasteiger partial charge in [0.15, 0.2) is 5.76 Å². The zero-order chi connectivity index (χ0) is 19.0. The van der Waals surface area contributed by atoms with Gasteiger partial charge in [-0.3, -0.25) is 9.48 Å². The van der Waals surface area contributed by atoms with Gasteiger partial charge in [-0.1, -0.05) is 17.3 Å². The van der Waals surface area contributed by atoms with Crippen LogP contribution in [-0.2, 0) is 20.0 Å². The van der Waals surface area contributed by atoms with Gasteiger partial charge in [0.2, 0.25) is 5.88 Å². The van der Waals surface area contributed by atoms with Crippen LogP contribution in [-0.4, -0.2) is 34.1 Å². The fourth-order valence-electron chi connectivity index (χ4n) is 3.13. The summed E-state index contributed by atoms with van der Waals surface area (Å²) in [5.74, 6) is 1.51. The van der Waals surface area contributed by atoms with Crippen molar-refractivity contribution in [1.29, 1.82) is 0 Å². The molecule has 1 atom stereocenters. The van der Waals surface area contributed by atoms with Crippen LogP contribution in [0.1, 0.15) is 28.5 Å². The van der Waals surface area contributed by atoms with Crippen molar-refractivity contribution in [1.82, 2.24) is 20.3 Å². The first-order chi connectivity index (χ1) is 13.0. The predicted molar refractivity (Wildman–Crippen MR) is 96.7 cm³/mol. The molecule has 1 N–H and O–H groups in total. The maximum Gasteiger partial charge on any atom is 0.258 e. The third-order valence-corrected chi connectivity index (χ3v) is 4.41. The van der Waals surface area contributed by atoms with Crippen LogP contribution in [0.25, 0.3) is 11.3 Å². The summed E-state index contributed by atoms with van der Waals surface area (Å²) in [6, 6.07) is 7.81. The van der Waals surface area contributed by atoms with E-state index in [1.807, 2.05) is 25.1 Å². The van der Waals surface area contributed by atoms with E-state index < -0.39 is 0 Å². The number of aryl methyl sites for hydroxylation is 1. The van der Waals surface area contributed by atoms with E-state index in [9.17, 15) is 4.79 Å². The minimum atomic E-state index is -0.288. The lowest BCUT2D eigenvalue weighted by Crippen LogP contribution is -2.23. The molecule has 4 rings (SSSR count). The number of carbonyl (C=O) groups excluding carboxylic acids is 1. The van der Waals surface area contributed by atoms with Gasteiger partial charge < -0.3 is 19.3 Å². The van der Waals surface area contributed by atoms with E-state index in [0.29, 0.717) is 17.0 Å². The number of ether oxygens (including phenoxy) is 2. The molecule has 0 unspecified atom stereocenters. The average Bonchev–Trinajstić information content (AvgIpc) is 3.35. The molecule has 8 nitrogen and oxygen atoms in total. The van der Waals surface area contributed by atoms with Crippen LogP contribution in [0.4, 0.5) is 0 Å². The quantitative estimate of drug-likeness (QED) is 0.743. The van der Waals surface area contributed by atoms with Gasteiger partial charge in [-0.15, -0.1) is 5.10 Å². The molecular formula is C19H20N4O4. The smallest absolute Gasteiger partial charge is 0.258 e. The molecule has 0 bridgehead atoms. The fourth-order valence-corrected chi connectivity index (χ4v) is 3.13. The molecule has 0 spiro atoms. The molecule has 2 aromatic heterocycles. The van der Waals surface area contributed by atoms with E-state index in [-0.39, 0.29) is 24.4 Å². The van der Waals surface area contributed by atoms with Crippen molar-refractivity contribution in [2.75, 3.05) is 7.11 Å². The van der Waals surface area contributed by atoms with E-state index in [4.69, 9.17) is 14.0 Å². The summed E-state index contributed by atoms with van der Waals surface area (Å²) >= 11 is 0. The first-order valence-corrected chi connectivity index (χ1v) is 8.65. The first-order valence-electron chi connectivity index (χ1n) is 8.65. The van der Waals surface area contributed by atoms with Gasteiger partial charge in [-0.05, 0) is 18.6 Å². The number of amides is 1. The van der Waals surface area contributed by atoms with E-state index in [2.05, 4.69) is 15.6 Å². The molecule has 27 heavy (non-hydrogen) atoms. The Kier molecular flexibility index (Phi) is 4.31. The van der Waals surface area contributed by atoms with Crippen molar-refractivity contribution in [3.8, 4) is 23.0 Å². The third kappa shape index (κ3) is 3.38. The summed E-state index contributed by atoms with van der Waals surface area (Å²) in [7, 11) is 3.20. The second-order valence-electron chi connectivity index (χ2n) is 6.55. The highest BCUT2D eigenvalue weighted by Crippen LogP contribution is 2.33. The van der Waals surface area contributed by atoms with Crippen LogP contribution in [0, 0.1) is 0 Å². The van der Waals surface area contributed by atoms with E-state index in [0.717, 1.165) is 17.7 Å². The molecule has 1 aliphatic rings. The Labute approximate surface area is 156 Å². The summed E-state index contributed by atoms with van der Waals surface area (Å²) in [6.07, 6.45) is 2.72. The van der Waals surface area contributed by atoms with Crippen LogP contribution < -0.4 is 14.8 Å². The van der Waals surface area contributed by atoms with Crippen molar-refractivity contribution >= 4 is 5.91 Å². The van der Waals surface area contributed by atoms with Crippen molar-refractivity contribution in [2.45, 2.75) is 26.0 Å². The number of fused-ring (bicyclic) bond motifs is 1. The van der Waals surface area contributed by atoms with E-state index in [1.54, 1.807) is 19.3 Å². The summed E-state index contributed by atoms with van der Waals surface area (Å²) < 4.78 is 17.8. The number of nitrogens with zero attached hydrogens (tertiary/aromatic N) is 3. The Hall–Kier alpha value is -3.29. The number of carbonyl (C=O) groups is 1. The van der Waals surface area contributed by atoms with Gasteiger partial charge >= 0.3 is 0 Å². The Morgan fingerprint density at radius 2 is 2.26 bits per heavy atom. The summed E-state index contributed by atoms with van der Waals surface area (Å²) in [6.45, 7) is 2.28. The van der Waals surface area contributed by atoms with Crippen LogP contribution in [0.5, 0.6) is 11.6 Å². The van der Waals surface area contributed by atoms with Crippen LogP contribution in [0.3, 0.4) is 0 Å². The average molecular weight is 368 g/mol. The monoisotopic (exact) mass is 368 g/mol.